The highest BCUT2D eigenvalue weighted by Gasteiger charge is 2.41. The summed E-state index contributed by atoms with van der Waals surface area (Å²) in [5, 5.41) is 3.42. The first-order chi connectivity index (χ1) is 12.4. The Morgan fingerprint density at radius 2 is 1.96 bits per heavy atom. The van der Waals surface area contributed by atoms with E-state index in [1.807, 2.05) is 24.3 Å². The van der Waals surface area contributed by atoms with Gasteiger partial charge in [0.25, 0.3) is 0 Å². The third-order valence-electron chi connectivity index (χ3n) is 4.88. The van der Waals surface area contributed by atoms with Crippen molar-refractivity contribution < 1.29 is 22.7 Å². The average Bonchev–Trinajstić information content (AvgIpc) is 3.25. The number of carbonyl (C=O) groups excluding carboxylic acids is 1. The Kier molecular flexibility index (Phi) is 4.28. The Morgan fingerprint density at radius 3 is 2.50 bits per heavy atom. The van der Waals surface area contributed by atoms with Crippen molar-refractivity contribution in [2.45, 2.75) is 37.3 Å². The van der Waals surface area contributed by atoms with Crippen molar-refractivity contribution in [1.82, 2.24) is 10.3 Å². The van der Waals surface area contributed by atoms with E-state index >= 15 is 0 Å². The van der Waals surface area contributed by atoms with Gasteiger partial charge in [-0.2, -0.15) is 13.2 Å². The van der Waals surface area contributed by atoms with E-state index < -0.39 is 11.7 Å². The maximum atomic E-state index is 12.5. The molecule has 2 bridgehead atoms. The van der Waals surface area contributed by atoms with Crippen LogP contribution in [-0.2, 0) is 17.3 Å². The number of aromatic nitrogens is 1. The molecule has 2 aliphatic rings. The minimum absolute atomic E-state index is 0.0303. The molecule has 0 aliphatic carbocycles. The predicted octanol–water partition coefficient (Wildman–Crippen LogP) is 3.33. The third-order valence-corrected chi connectivity index (χ3v) is 4.88. The van der Waals surface area contributed by atoms with Gasteiger partial charge in [-0.1, -0.05) is 24.3 Å². The number of nitrogens with one attached hydrogen (secondary N) is 1. The van der Waals surface area contributed by atoms with Gasteiger partial charge in [-0.05, 0) is 29.7 Å². The number of Topliss-reactive ketones (excluding diaryl/α,β-unsaturated/α-hetero) is 1. The molecule has 0 saturated carbocycles. The molecule has 7 heteroatoms. The monoisotopic (exact) mass is 362 g/mol. The van der Waals surface area contributed by atoms with Gasteiger partial charge in [0.05, 0.1) is 17.8 Å². The molecule has 1 aromatic heterocycles. The Hall–Kier alpha value is -2.25. The fraction of sp³-hybridized carbons (Fsp3) is 0.368. The molecule has 4 nitrogen and oxygen atoms in total. The number of morpholine rings is 1. The number of ether oxygens (including phenoxy) is 1. The summed E-state index contributed by atoms with van der Waals surface area (Å²) in [6.07, 6.45) is -2.34. The van der Waals surface area contributed by atoms with Crippen molar-refractivity contribution in [2.24, 2.45) is 0 Å². The van der Waals surface area contributed by atoms with Crippen molar-refractivity contribution >= 4 is 5.78 Å². The topological polar surface area (TPSA) is 51.2 Å². The maximum Gasteiger partial charge on any atom is 0.417 e. The first-order valence-electron chi connectivity index (χ1n) is 8.44. The molecule has 3 heterocycles. The highest BCUT2D eigenvalue weighted by molar-refractivity contribution is 5.95. The van der Waals surface area contributed by atoms with Crippen LogP contribution in [0.25, 0.3) is 0 Å². The number of rotatable bonds is 4. The number of hydrogen-bond donors (Lipinski definition) is 1. The van der Waals surface area contributed by atoms with Gasteiger partial charge in [0, 0.05) is 25.2 Å². The number of halogens is 3. The van der Waals surface area contributed by atoms with Gasteiger partial charge in [0.1, 0.15) is 5.69 Å². The van der Waals surface area contributed by atoms with Crippen LogP contribution < -0.4 is 5.32 Å². The molecule has 2 aliphatic heterocycles. The van der Waals surface area contributed by atoms with Crippen LogP contribution in [0.3, 0.4) is 0 Å². The van der Waals surface area contributed by atoms with Crippen molar-refractivity contribution in [3.63, 3.8) is 0 Å². The smallest absolute Gasteiger partial charge is 0.367 e. The zero-order valence-electron chi connectivity index (χ0n) is 13.8. The van der Waals surface area contributed by atoms with E-state index in [0.717, 1.165) is 36.2 Å². The highest BCUT2D eigenvalue weighted by Crippen LogP contribution is 2.36. The lowest BCUT2D eigenvalue weighted by Crippen LogP contribution is -2.33. The standard InChI is InChI=1S/C19H17F3N2O2/c20-19(21,22)13-5-6-15(23-9-13)17(25)7-11-1-3-12(4-2-11)18-16-8-14(26-18)10-24-16/h1-6,9,14,16,18,24H,7-8,10H2/t14-,16-,18+/m1/s1. The van der Waals surface area contributed by atoms with E-state index in [4.69, 9.17) is 4.74 Å². The Morgan fingerprint density at radius 1 is 1.19 bits per heavy atom. The minimum atomic E-state index is -4.46. The quantitative estimate of drug-likeness (QED) is 0.848. The lowest BCUT2D eigenvalue weighted by molar-refractivity contribution is -0.137. The lowest BCUT2D eigenvalue weighted by Gasteiger charge is -2.23. The van der Waals surface area contributed by atoms with Crippen molar-refractivity contribution in [3.05, 3.63) is 65.0 Å². The fourth-order valence-electron chi connectivity index (χ4n) is 3.51. The molecule has 0 radical (unpaired) electrons. The van der Waals surface area contributed by atoms with Crippen LogP contribution in [0.2, 0.25) is 0 Å². The van der Waals surface area contributed by atoms with Crippen LogP contribution in [0.5, 0.6) is 0 Å². The zero-order valence-corrected chi connectivity index (χ0v) is 13.8. The number of fused-ring (bicyclic) bond motifs is 2. The van der Waals surface area contributed by atoms with E-state index in [1.165, 1.54) is 0 Å². The summed E-state index contributed by atoms with van der Waals surface area (Å²) in [4.78, 5) is 15.9. The van der Waals surface area contributed by atoms with Gasteiger partial charge in [0.2, 0.25) is 0 Å². The molecule has 1 aromatic carbocycles. The van der Waals surface area contributed by atoms with Crippen LogP contribution in [0.4, 0.5) is 13.2 Å². The van der Waals surface area contributed by atoms with Crippen molar-refractivity contribution in [1.29, 1.82) is 0 Å². The molecule has 2 saturated heterocycles. The van der Waals surface area contributed by atoms with Crippen LogP contribution in [0.15, 0.2) is 42.6 Å². The molecule has 2 aromatic rings. The Bertz CT molecular complexity index is 803. The van der Waals surface area contributed by atoms with Gasteiger partial charge in [0.15, 0.2) is 5.78 Å². The summed E-state index contributed by atoms with van der Waals surface area (Å²) in [6.45, 7) is 0.897. The van der Waals surface area contributed by atoms with E-state index in [1.54, 1.807) is 0 Å². The van der Waals surface area contributed by atoms with Crippen LogP contribution >= 0.6 is 0 Å². The van der Waals surface area contributed by atoms with Gasteiger partial charge >= 0.3 is 6.18 Å². The first-order valence-corrected chi connectivity index (χ1v) is 8.44. The molecule has 1 N–H and O–H groups in total. The number of ketones is 1. The number of nitrogens with zero attached hydrogens (tertiary/aromatic N) is 1. The third kappa shape index (κ3) is 3.37. The molecule has 4 rings (SSSR count). The number of benzene rings is 1. The average molecular weight is 362 g/mol. The van der Waals surface area contributed by atoms with Crippen LogP contribution in [0, 0.1) is 0 Å². The second kappa shape index (κ2) is 6.48. The van der Waals surface area contributed by atoms with Gasteiger partial charge < -0.3 is 10.1 Å². The molecular weight excluding hydrogens is 345 g/mol. The number of carbonyl (C=O) groups is 1. The van der Waals surface area contributed by atoms with E-state index in [9.17, 15) is 18.0 Å². The van der Waals surface area contributed by atoms with Gasteiger partial charge in [-0.15, -0.1) is 0 Å². The SMILES string of the molecule is O=C(Cc1ccc([C@@H]2O[C@H]3CN[C@@H]2C3)cc1)c1ccc(C(F)(F)F)cn1. The van der Waals surface area contributed by atoms with Crippen LogP contribution in [0.1, 0.15) is 39.7 Å². The van der Waals surface area contributed by atoms with E-state index in [0.29, 0.717) is 12.2 Å². The van der Waals surface area contributed by atoms with E-state index in [-0.39, 0.29) is 30.1 Å². The second-order valence-corrected chi connectivity index (χ2v) is 6.70. The van der Waals surface area contributed by atoms with Crippen molar-refractivity contribution in [3.8, 4) is 0 Å². The van der Waals surface area contributed by atoms with Crippen molar-refractivity contribution in [2.75, 3.05) is 6.54 Å². The summed E-state index contributed by atoms with van der Waals surface area (Å²) in [5.41, 5.74) is 1.02. The Balaban J connectivity index is 1.41. The molecule has 2 fully saturated rings. The van der Waals surface area contributed by atoms with Crippen LogP contribution in [-0.4, -0.2) is 29.5 Å². The summed E-state index contributed by atoms with van der Waals surface area (Å²) in [6, 6.07) is 9.92. The zero-order chi connectivity index (χ0) is 18.3. The molecule has 0 amide bonds. The summed E-state index contributed by atoms with van der Waals surface area (Å²) >= 11 is 0. The van der Waals surface area contributed by atoms with Gasteiger partial charge in [-0.3, -0.25) is 9.78 Å². The molecule has 26 heavy (non-hydrogen) atoms. The summed E-state index contributed by atoms with van der Waals surface area (Å²) < 4.78 is 43.6. The van der Waals surface area contributed by atoms with Gasteiger partial charge in [-0.25, -0.2) is 0 Å². The summed E-state index contributed by atoms with van der Waals surface area (Å²) in [7, 11) is 0. The molecule has 136 valence electrons. The lowest BCUT2D eigenvalue weighted by atomic mass is 9.99. The fourth-order valence-corrected chi connectivity index (χ4v) is 3.51. The maximum absolute atomic E-state index is 12.5. The number of pyridine rings is 1. The Labute approximate surface area is 148 Å². The minimum Gasteiger partial charge on any atom is -0.367 e. The summed E-state index contributed by atoms with van der Waals surface area (Å²) in [5.74, 6) is -0.315. The molecule has 0 spiro atoms. The normalized spacial score (nSPS) is 24.8. The van der Waals surface area contributed by atoms with E-state index in [2.05, 4.69) is 10.3 Å². The molecular formula is C19H17F3N2O2. The number of alkyl halides is 3. The largest absolute Gasteiger partial charge is 0.417 e. The highest BCUT2D eigenvalue weighted by atomic mass is 19.4. The first kappa shape index (κ1) is 17.2. The number of hydrogen-bond acceptors (Lipinski definition) is 4. The molecule has 3 atom stereocenters. The molecule has 0 unspecified atom stereocenters. The second-order valence-electron chi connectivity index (χ2n) is 6.70. The predicted molar refractivity (Wildman–Crippen MR) is 87.7 cm³/mol.